The molecule has 0 bridgehead atoms. The summed E-state index contributed by atoms with van der Waals surface area (Å²) in [6.45, 7) is 0.785. The number of ether oxygens (including phenoxy) is 1. The van der Waals surface area contributed by atoms with Gasteiger partial charge in [0, 0.05) is 24.8 Å². The smallest absolute Gasteiger partial charge is 0.311 e. The fourth-order valence-corrected chi connectivity index (χ4v) is 2.62. The standard InChI is InChI=1S/C14H15Cl2NO4/c15-9-1-2-11(16)10(7-9)12(18)17-8-14(13(19)20)3-5-21-6-4-14/h1-2,7H,3-6,8H2,(H,17,18)(H,19,20). The Kier molecular flexibility index (Phi) is 5.08. The summed E-state index contributed by atoms with van der Waals surface area (Å²) in [5, 5.41) is 12.7. The third kappa shape index (κ3) is 3.67. The van der Waals surface area contributed by atoms with Gasteiger partial charge >= 0.3 is 5.97 Å². The Morgan fingerprint density at radius 1 is 1.29 bits per heavy atom. The molecule has 0 aliphatic carbocycles. The SMILES string of the molecule is O=C(NCC1(C(=O)O)CCOCC1)c1cc(Cl)ccc1Cl. The van der Waals surface area contributed by atoms with Crippen molar-refractivity contribution in [2.24, 2.45) is 5.41 Å². The number of hydrogen-bond donors (Lipinski definition) is 2. The number of hydrogen-bond acceptors (Lipinski definition) is 3. The van der Waals surface area contributed by atoms with Crippen LogP contribution in [0.4, 0.5) is 0 Å². The number of rotatable bonds is 4. The Labute approximate surface area is 132 Å². The average Bonchev–Trinajstić information content (AvgIpc) is 2.48. The summed E-state index contributed by atoms with van der Waals surface area (Å²) in [5.74, 6) is -1.36. The van der Waals surface area contributed by atoms with E-state index in [0.717, 1.165) is 0 Å². The van der Waals surface area contributed by atoms with Crippen LogP contribution in [0.5, 0.6) is 0 Å². The molecule has 1 aliphatic rings. The minimum Gasteiger partial charge on any atom is -0.481 e. The second kappa shape index (κ2) is 6.64. The molecule has 1 aromatic rings. The van der Waals surface area contributed by atoms with Crippen molar-refractivity contribution in [2.45, 2.75) is 12.8 Å². The van der Waals surface area contributed by atoms with Crippen molar-refractivity contribution < 1.29 is 19.4 Å². The highest BCUT2D eigenvalue weighted by atomic mass is 35.5. The minimum absolute atomic E-state index is 0.0351. The molecule has 1 aromatic carbocycles. The van der Waals surface area contributed by atoms with Crippen molar-refractivity contribution in [1.82, 2.24) is 5.32 Å². The zero-order chi connectivity index (χ0) is 15.5. The quantitative estimate of drug-likeness (QED) is 0.889. The number of benzene rings is 1. The maximum atomic E-state index is 12.1. The first-order valence-electron chi connectivity index (χ1n) is 6.49. The van der Waals surface area contributed by atoms with Gasteiger partial charge in [0.2, 0.25) is 0 Å². The molecule has 7 heteroatoms. The first-order valence-corrected chi connectivity index (χ1v) is 7.25. The van der Waals surface area contributed by atoms with Gasteiger partial charge in [-0.3, -0.25) is 9.59 Å². The van der Waals surface area contributed by atoms with E-state index in [9.17, 15) is 14.7 Å². The van der Waals surface area contributed by atoms with Crippen LogP contribution in [-0.4, -0.2) is 36.7 Å². The zero-order valence-electron chi connectivity index (χ0n) is 11.2. The first kappa shape index (κ1) is 16.1. The molecule has 1 amide bonds. The largest absolute Gasteiger partial charge is 0.481 e. The number of amides is 1. The van der Waals surface area contributed by atoms with Crippen molar-refractivity contribution in [3.63, 3.8) is 0 Å². The molecule has 0 saturated carbocycles. The Bertz CT molecular complexity index is 556. The van der Waals surface area contributed by atoms with Gasteiger partial charge in [0.05, 0.1) is 16.0 Å². The average molecular weight is 332 g/mol. The normalized spacial score (nSPS) is 17.2. The van der Waals surface area contributed by atoms with E-state index in [4.69, 9.17) is 27.9 Å². The summed E-state index contributed by atoms with van der Waals surface area (Å²) >= 11 is 11.8. The Hall–Kier alpha value is -1.30. The lowest BCUT2D eigenvalue weighted by Crippen LogP contribution is -2.46. The van der Waals surface area contributed by atoms with Crippen LogP contribution in [0.25, 0.3) is 0 Å². The fourth-order valence-electron chi connectivity index (χ4n) is 2.24. The topological polar surface area (TPSA) is 75.6 Å². The molecular weight excluding hydrogens is 317 g/mol. The summed E-state index contributed by atoms with van der Waals surface area (Å²) in [6, 6.07) is 4.56. The lowest BCUT2D eigenvalue weighted by Gasteiger charge is -2.33. The van der Waals surface area contributed by atoms with Crippen molar-refractivity contribution >= 4 is 35.1 Å². The second-order valence-electron chi connectivity index (χ2n) is 5.00. The Balaban J connectivity index is 2.08. The molecule has 0 spiro atoms. The molecule has 0 unspecified atom stereocenters. The van der Waals surface area contributed by atoms with Crippen LogP contribution in [0.15, 0.2) is 18.2 Å². The van der Waals surface area contributed by atoms with Gasteiger partial charge in [0.25, 0.3) is 5.91 Å². The maximum absolute atomic E-state index is 12.1. The van der Waals surface area contributed by atoms with Crippen LogP contribution in [0.3, 0.4) is 0 Å². The lowest BCUT2D eigenvalue weighted by atomic mass is 9.80. The second-order valence-corrected chi connectivity index (χ2v) is 5.85. The molecule has 0 radical (unpaired) electrons. The van der Waals surface area contributed by atoms with Crippen LogP contribution in [0.2, 0.25) is 10.0 Å². The number of halogens is 2. The summed E-state index contributed by atoms with van der Waals surface area (Å²) in [6.07, 6.45) is 0.734. The summed E-state index contributed by atoms with van der Waals surface area (Å²) in [7, 11) is 0. The molecule has 0 atom stereocenters. The van der Waals surface area contributed by atoms with Crippen LogP contribution >= 0.6 is 23.2 Å². The molecule has 1 fully saturated rings. The van der Waals surface area contributed by atoms with E-state index < -0.39 is 17.3 Å². The number of nitrogens with one attached hydrogen (secondary N) is 1. The van der Waals surface area contributed by atoms with E-state index in [1.165, 1.54) is 12.1 Å². The Morgan fingerprint density at radius 2 is 1.95 bits per heavy atom. The summed E-state index contributed by atoms with van der Waals surface area (Å²) in [4.78, 5) is 23.6. The van der Waals surface area contributed by atoms with Gasteiger partial charge in [0.1, 0.15) is 0 Å². The van der Waals surface area contributed by atoms with E-state index in [0.29, 0.717) is 31.1 Å². The van der Waals surface area contributed by atoms with Gasteiger partial charge in [-0.05, 0) is 31.0 Å². The van der Waals surface area contributed by atoms with E-state index in [1.54, 1.807) is 6.07 Å². The van der Waals surface area contributed by atoms with Crippen molar-refractivity contribution in [3.8, 4) is 0 Å². The minimum atomic E-state index is -0.987. The van der Waals surface area contributed by atoms with Gasteiger partial charge in [-0.2, -0.15) is 0 Å². The molecule has 21 heavy (non-hydrogen) atoms. The number of carbonyl (C=O) groups excluding carboxylic acids is 1. The van der Waals surface area contributed by atoms with Crippen molar-refractivity contribution in [2.75, 3.05) is 19.8 Å². The third-order valence-electron chi connectivity index (χ3n) is 3.66. The highest BCUT2D eigenvalue weighted by Gasteiger charge is 2.40. The molecule has 2 N–H and O–H groups in total. The first-order chi connectivity index (χ1) is 9.94. The zero-order valence-corrected chi connectivity index (χ0v) is 12.7. The van der Waals surface area contributed by atoms with Crippen molar-refractivity contribution in [1.29, 1.82) is 0 Å². The van der Waals surface area contributed by atoms with Gasteiger partial charge in [0.15, 0.2) is 0 Å². The predicted octanol–water partition coefficient (Wildman–Crippen LogP) is 2.60. The summed E-state index contributed by atoms with van der Waals surface area (Å²) in [5.41, 5.74) is -0.754. The lowest BCUT2D eigenvalue weighted by molar-refractivity contribution is -0.154. The highest BCUT2D eigenvalue weighted by Crippen LogP contribution is 2.30. The van der Waals surface area contributed by atoms with Crippen LogP contribution in [0, 0.1) is 5.41 Å². The molecular formula is C14H15Cl2NO4. The molecule has 1 aliphatic heterocycles. The Morgan fingerprint density at radius 3 is 2.57 bits per heavy atom. The van der Waals surface area contributed by atoms with Crippen LogP contribution in [0.1, 0.15) is 23.2 Å². The molecule has 5 nitrogen and oxygen atoms in total. The van der Waals surface area contributed by atoms with E-state index >= 15 is 0 Å². The van der Waals surface area contributed by atoms with Crippen molar-refractivity contribution in [3.05, 3.63) is 33.8 Å². The number of carboxylic acid groups (broad SMARTS) is 1. The molecule has 1 heterocycles. The van der Waals surface area contributed by atoms with Gasteiger partial charge in [-0.25, -0.2) is 0 Å². The number of carbonyl (C=O) groups is 2. The maximum Gasteiger partial charge on any atom is 0.311 e. The monoisotopic (exact) mass is 331 g/mol. The number of carboxylic acids is 1. The van der Waals surface area contributed by atoms with Crippen LogP contribution in [-0.2, 0) is 9.53 Å². The summed E-state index contributed by atoms with van der Waals surface area (Å²) < 4.78 is 5.19. The van der Waals surface area contributed by atoms with Gasteiger partial charge in [-0.1, -0.05) is 23.2 Å². The van der Waals surface area contributed by atoms with Gasteiger partial charge in [-0.15, -0.1) is 0 Å². The fraction of sp³-hybridized carbons (Fsp3) is 0.429. The molecule has 114 valence electrons. The van der Waals surface area contributed by atoms with E-state index in [2.05, 4.69) is 5.32 Å². The third-order valence-corrected chi connectivity index (χ3v) is 4.23. The number of aliphatic carboxylic acids is 1. The van der Waals surface area contributed by atoms with E-state index in [-0.39, 0.29) is 17.1 Å². The molecule has 1 saturated heterocycles. The highest BCUT2D eigenvalue weighted by molar-refractivity contribution is 6.35. The van der Waals surface area contributed by atoms with E-state index in [1.807, 2.05) is 0 Å². The predicted molar refractivity (Wildman–Crippen MR) is 78.9 cm³/mol. The van der Waals surface area contributed by atoms with Gasteiger partial charge < -0.3 is 15.2 Å². The molecule has 2 rings (SSSR count). The molecule has 0 aromatic heterocycles. The van der Waals surface area contributed by atoms with Crippen LogP contribution < -0.4 is 5.32 Å².